The average molecular weight is 308 g/mol. The van der Waals surface area contributed by atoms with Crippen molar-refractivity contribution in [3.63, 3.8) is 0 Å². The number of nitro groups is 1. The van der Waals surface area contributed by atoms with Crippen molar-refractivity contribution >= 4 is 34.8 Å². The third-order valence-corrected chi connectivity index (χ3v) is 2.98. The van der Waals surface area contributed by atoms with Crippen LogP contribution in [0.3, 0.4) is 0 Å². The highest BCUT2D eigenvalue weighted by Crippen LogP contribution is 2.28. The third kappa shape index (κ3) is 3.26. The largest absolute Gasteiger partial charge is 0.478 e. The second-order valence-electron chi connectivity index (χ2n) is 4.26. The number of aromatic nitrogens is 1. The second kappa shape index (κ2) is 5.76. The first-order valence-corrected chi connectivity index (χ1v) is 6.17. The van der Waals surface area contributed by atoms with Crippen molar-refractivity contribution in [1.82, 2.24) is 4.98 Å². The van der Waals surface area contributed by atoms with Gasteiger partial charge in [-0.05, 0) is 30.7 Å². The van der Waals surface area contributed by atoms with Crippen LogP contribution in [0.4, 0.5) is 17.2 Å². The zero-order chi connectivity index (χ0) is 15.6. The Morgan fingerprint density at radius 1 is 1.43 bits per heavy atom. The van der Waals surface area contributed by atoms with Crippen molar-refractivity contribution in [2.75, 3.05) is 5.32 Å². The van der Waals surface area contributed by atoms with Crippen molar-refractivity contribution in [3.05, 3.63) is 56.7 Å². The van der Waals surface area contributed by atoms with Crippen LogP contribution in [0.25, 0.3) is 0 Å². The van der Waals surface area contributed by atoms with Gasteiger partial charge in [-0.3, -0.25) is 10.1 Å². The number of hydrogen-bond donors (Lipinski definition) is 2. The molecule has 8 heteroatoms. The van der Waals surface area contributed by atoms with Gasteiger partial charge in [0.1, 0.15) is 0 Å². The summed E-state index contributed by atoms with van der Waals surface area (Å²) in [4.78, 5) is 25.3. The molecule has 1 aromatic carbocycles. The number of carboxylic acids is 1. The lowest BCUT2D eigenvalue weighted by molar-refractivity contribution is -0.384. The van der Waals surface area contributed by atoms with E-state index in [4.69, 9.17) is 16.7 Å². The molecule has 7 nitrogen and oxygen atoms in total. The number of aryl methyl sites for hydroxylation is 1. The number of anilines is 2. The summed E-state index contributed by atoms with van der Waals surface area (Å²) in [6.07, 6.45) is 1.49. The van der Waals surface area contributed by atoms with Crippen molar-refractivity contribution in [3.8, 4) is 0 Å². The Bertz CT molecular complexity index is 733. The van der Waals surface area contributed by atoms with E-state index in [0.29, 0.717) is 11.3 Å². The van der Waals surface area contributed by atoms with Gasteiger partial charge in [-0.25, -0.2) is 9.78 Å². The minimum absolute atomic E-state index is 0.0299. The fraction of sp³-hybridized carbons (Fsp3) is 0.0769. The maximum absolute atomic E-state index is 11.0. The molecule has 0 aliphatic carbocycles. The molecule has 0 atom stereocenters. The number of halogens is 1. The van der Waals surface area contributed by atoms with E-state index < -0.39 is 10.9 Å². The van der Waals surface area contributed by atoms with Crippen LogP contribution in [0.1, 0.15) is 15.9 Å². The zero-order valence-corrected chi connectivity index (χ0v) is 11.6. The molecule has 0 aliphatic rings. The number of carbonyl (C=O) groups is 1. The Labute approximate surface area is 124 Å². The highest BCUT2D eigenvalue weighted by atomic mass is 35.5. The molecule has 0 aliphatic heterocycles. The first-order chi connectivity index (χ1) is 9.88. The molecule has 0 bridgehead atoms. The molecule has 2 N–H and O–H groups in total. The number of nitrogens with zero attached hydrogens (tertiary/aromatic N) is 2. The van der Waals surface area contributed by atoms with E-state index in [2.05, 4.69) is 10.3 Å². The number of pyridine rings is 1. The van der Waals surface area contributed by atoms with Gasteiger partial charge in [0.2, 0.25) is 5.82 Å². The Morgan fingerprint density at radius 3 is 2.71 bits per heavy atom. The van der Waals surface area contributed by atoms with Gasteiger partial charge in [-0.15, -0.1) is 0 Å². The summed E-state index contributed by atoms with van der Waals surface area (Å²) in [6, 6.07) is 5.53. The summed E-state index contributed by atoms with van der Waals surface area (Å²) in [5.74, 6) is -1.09. The normalized spacial score (nSPS) is 10.2. The molecular formula is C13H10ClN3O4. The van der Waals surface area contributed by atoms with Crippen LogP contribution in [-0.2, 0) is 0 Å². The van der Waals surface area contributed by atoms with Gasteiger partial charge in [0.25, 0.3) is 0 Å². The van der Waals surface area contributed by atoms with E-state index in [1.807, 2.05) is 0 Å². The Morgan fingerprint density at radius 2 is 2.14 bits per heavy atom. The summed E-state index contributed by atoms with van der Waals surface area (Å²) in [5, 5.41) is 22.7. The molecule has 2 aromatic rings. The Hall–Kier alpha value is -2.67. The maximum atomic E-state index is 11.0. The molecule has 0 amide bonds. The van der Waals surface area contributed by atoms with Crippen LogP contribution in [-0.4, -0.2) is 21.0 Å². The molecule has 0 radical (unpaired) electrons. The number of benzene rings is 1. The van der Waals surface area contributed by atoms with Gasteiger partial charge in [-0.2, -0.15) is 0 Å². The summed E-state index contributed by atoms with van der Waals surface area (Å²) in [5.41, 5.74) is 0.845. The molecule has 1 heterocycles. The predicted octanol–water partition coefficient (Wildman–Crippen LogP) is 3.39. The van der Waals surface area contributed by atoms with Crippen LogP contribution in [0.15, 0.2) is 30.5 Å². The van der Waals surface area contributed by atoms with Crippen molar-refractivity contribution < 1.29 is 14.8 Å². The van der Waals surface area contributed by atoms with E-state index in [9.17, 15) is 14.9 Å². The van der Waals surface area contributed by atoms with Crippen molar-refractivity contribution in [2.24, 2.45) is 0 Å². The van der Waals surface area contributed by atoms with Crippen LogP contribution >= 0.6 is 11.6 Å². The monoisotopic (exact) mass is 307 g/mol. The smallest absolute Gasteiger partial charge is 0.337 e. The lowest BCUT2D eigenvalue weighted by Crippen LogP contribution is -2.02. The van der Waals surface area contributed by atoms with Gasteiger partial charge >= 0.3 is 11.7 Å². The molecule has 0 saturated carbocycles. The molecule has 108 valence electrons. The second-order valence-corrected chi connectivity index (χ2v) is 4.67. The number of hydrogen-bond acceptors (Lipinski definition) is 5. The standard InChI is InChI=1S/C13H10ClN3O4/c1-7-4-11(17(20)21)12(15-6-7)16-8-2-3-9(13(18)19)10(14)5-8/h2-6H,1H3,(H,15,16)(H,18,19). The lowest BCUT2D eigenvalue weighted by Gasteiger charge is -2.08. The van der Waals surface area contributed by atoms with E-state index >= 15 is 0 Å². The number of carboxylic acid groups (broad SMARTS) is 1. The fourth-order valence-electron chi connectivity index (χ4n) is 1.69. The zero-order valence-electron chi connectivity index (χ0n) is 10.8. The van der Waals surface area contributed by atoms with E-state index in [1.165, 1.54) is 30.5 Å². The number of rotatable bonds is 4. The quantitative estimate of drug-likeness (QED) is 0.662. The minimum atomic E-state index is -1.15. The highest BCUT2D eigenvalue weighted by molar-refractivity contribution is 6.33. The summed E-state index contributed by atoms with van der Waals surface area (Å²) >= 11 is 5.84. The highest BCUT2D eigenvalue weighted by Gasteiger charge is 2.16. The number of aromatic carboxylic acids is 1. The van der Waals surface area contributed by atoms with Gasteiger partial charge in [0.15, 0.2) is 0 Å². The van der Waals surface area contributed by atoms with Gasteiger partial charge in [-0.1, -0.05) is 11.6 Å². The first-order valence-electron chi connectivity index (χ1n) is 5.79. The fourth-order valence-corrected chi connectivity index (χ4v) is 1.95. The molecule has 21 heavy (non-hydrogen) atoms. The summed E-state index contributed by atoms with van der Waals surface area (Å²) < 4.78 is 0. The third-order valence-electron chi connectivity index (χ3n) is 2.66. The SMILES string of the molecule is Cc1cnc(Nc2ccc(C(=O)O)c(Cl)c2)c([N+](=O)[O-])c1. The molecule has 0 unspecified atom stereocenters. The topological polar surface area (TPSA) is 105 Å². The van der Waals surface area contributed by atoms with Crippen LogP contribution in [0.5, 0.6) is 0 Å². The Balaban J connectivity index is 2.37. The summed E-state index contributed by atoms with van der Waals surface area (Å²) in [6.45, 7) is 1.70. The molecule has 2 rings (SSSR count). The molecular weight excluding hydrogens is 298 g/mol. The van der Waals surface area contributed by atoms with Gasteiger partial charge in [0.05, 0.1) is 15.5 Å². The van der Waals surface area contributed by atoms with E-state index in [0.717, 1.165) is 0 Å². The maximum Gasteiger partial charge on any atom is 0.337 e. The summed E-state index contributed by atoms with van der Waals surface area (Å²) in [7, 11) is 0. The Kier molecular flexibility index (Phi) is 4.04. The van der Waals surface area contributed by atoms with Gasteiger partial charge < -0.3 is 10.4 Å². The molecule has 0 saturated heterocycles. The van der Waals surface area contributed by atoms with Gasteiger partial charge in [0, 0.05) is 18.0 Å². The van der Waals surface area contributed by atoms with E-state index in [1.54, 1.807) is 6.92 Å². The van der Waals surface area contributed by atoms with Crippen LogP contribution < -0.4 is 5.32 Å². The molecule has 0 spiro atoms. The van der Waals surface area contributed by atoms with Crippen molar-refractivity contribution in [2.45, 2.75) is 6.92 Å². The first kappa shape index (κ1) is 14.7. The number of nitrogens with one attached hydrogen (secondary N) is 1. The van der Waals surface area contributed by atoms with E-state index in [-0.39, 0.29) is 22.1 Å². The predicted molar refractivity (Wildman–Crippen MR) is 77.3 cm³/mol. The van der Waals surface area contributed by atoms with Crippen LogP contribution in [0, 0.1) is 17.0 Å². The minimum Gasteiger partial charge on any atom is -0.478 e. The molecule has 1 aromatic heterocycles. The van der Waals surface area contributed by atoms with Crippen LogP contribution in [0.2, 0.25) is 5.02 Å². The van der Waals surface area contributed by atoms with Crippen molar-refractivity contribution in [1.29, 1.82) is 0 Å². The lowest BCUT2D eigenvalue weighted by atomic mass is 10.2. The molecule has 0 fully saturated rings. The average Bonchev–Trinajstić information content (AvgIpc) is 2.40.